The number of nitrogens with zero attached hydrogens (tertiary/aromatic N) is 3. The van der Waals surface area contributed by atoms with E-state index >= 15 is 0 Å². The van der Waals surface area contributed by atoms with Crippen LogP contribution in [0.1, 0.15) is 18.1 Å². The summed E-state index contributed by atoms with van der Waals surface area (Å²) in [5.41, 5.74) is 0. The quantitative estimate of drug-likeness (QED) is 0.813. The lowest BCUT2D eigenvalue weighted by atomic mass is 10.3. The molecule has 2 heterocycles. The van der Waals surface area contributed by atoms with Gasteiger partial charge in [-0.05, 0) is 18.6 Å². The second kappa shape index (κ2) is 6.85. The number of aromatic nitrogens is 2. The first-order valence-electron chi connectivity index (χ1n) is 7.18. The van der Waals surface area contributed by atoms with Crippen LogP contribution >= 0.6 is 0 Å². The molecule has 0 N–H and O–H groups in total. The molecule has 1 saturated heterocycles. The number of hydrogen-bond acceptors (Lipinski definition) is 6. The maximum absolute atomic E-state index is 13.1. The predicted octanol–water partition coefficient (Wildman–Crippen LogP) is 2.01. The van der Waals surface area contributed by atoms with E-state index in [9.17, 15) is 4.39 Å². The van der Waals surface area contributed by atoms with Crippen molar-refractivity contribution >= 4 is 0 Å². The molecular formula is C15H18FN3O3. The van der Waals surface area contributed by atoms with Crippen molar-refractivity contribution < 1.29 is 18.4 Å². The minimum Gasteiger partial charge on any atom is -0.489 e. The molecule has 0 saturated carbocycles. The molecule has 0 spiro atoms. The highest BCUT2D eigenvalue weighted by Gasteiger charge is 2.25. The maximum Gasteiger partial charge on any atom is 0.252 e. The third kappa shape index (κ3) is 3.80. The first-order chi connectivity index (χ1) is 10.7. The highest BCUT2D eigenvalue weighted by molar-refractivity contribution is 5.22. The molecule has 1 atom stereocenters. The smallest absolute Gasteiger partial charge is 0.252 e. The van der Waals surface area contributed by atoms with E-state index in [0.717, 1.165) is 19.5 Å². The first-order valence-corrected chi connectivity index (χ1v) is 7.18. The molecule has 6 nitrogen and oxygen atoms in total. The molecule has 0 amide bonds. The van der Waals surface area contributed by atoms with Crippen molar-refractivity contribution in [3.05, 3.63) is 41.8 Å². The summed E-state index contributed by atoms with van der Waals surface area (Å²) >= 11 is 0. The van der Waals surface area contributed by atoms with Crippen molar-refractivity contribution in [3.8, 4) is 5.75 Å². The predicted molar refractivity (Wildman–Crippen MR) is 75.7 cm³/mol. The van der Waals surface area contributed by atoms with Gasteiger partial charge in [-0.3, -0.25) is 4.90 Å². The third-order valence-electron chi connectivity index (χ3n) is 3.47. The monoisotopic (exact) mass is 307 g/mol. The Morgan fingerprint density at radius 1 is 1.45 bits per heavy atom. The highest BCUT2D eigenvalue weighted by Crippen LogP contribution is 2.20. The molecule has 1 unspecified atom stereocenters. The number of halogens is 1. The summed E-state index contributed by atoms with van der Waals surface area (Å²) in [6.07, 6.45) is 0.936. The molecule has 1 aliphatic heterocycles. The average molecular weight is 307 g/mol. The summed E-state index contributed by atoms with van der Waals surface area (Å²) in [4.78, 5) is 6.44. The molecular weight excluding hydrogens is 289 g/mol. The summed E-state index contributed by atoms with van der Waals surface area (Å²) in [6.45, 7) is 2.56. The molecule has 1 fully saturated rings. The van der Waals surface area contributed by atoms with E-state index in [1.54, 1.807) is 19.2 Å². The van der Waals surface area contributed by atoms with Crippen LogP contribution in [0.25, 0.3) is 0 Å². The second-order valence-corrected chi connectivity index (χ2v) is 5.26. The molecule has 0 radical (unpaired) electrons. The van der Waals surface area contributed by atoms with E-state index in [-0.39, 0.29) is 11.9 Å². The van der Waals surface area contributed by atoms with E-state index in [4.69, 9.17) is 14.0 Å². The van der Waals surface area contributed by atoms with E-state index in [0.29, 0.717) is 30.6 Å². The zero-order valence-corrected chi connectivity index (χ0v) is 12.4. The van der Waals surface area contributed by atoms with E-state index in [2.05, 4.69) is 15.0 Å². The average Bonchev–Trinajstić information content (AvgIpc) is 3.10. The Bertz CT molecular complexity index is 620. The Hall–Kier alpha value is -1.99. The van der Waals surface area contributed by atoms with Gasteiger partial charge in [0, 0.05) is 26.3 Å². The van der Waals surface area contributed by atoms with Gasteiger partial charge in [-0.15, -0.1) is 0 Å². The van der Waals surface area contributed by atoms with Gasteiger partial charge in [-0.1, -0.05) is 11.2 Å². The standard InChI is InChI=1S/C15H18FN3O3/c1-20-10-15-17-14(18-22-15)9-19-6-5-13(8-19)21-12-4-2-3-11(16)7-12/h2-4,7,13H,5-6,8-10H2,1H3. The van der Waals surface area contributed by atoms with Gasteiger partial charge in [0.25, 0.3) is 5.89 Å². The Morgan fingerprint density at radius 3 is 3.18 bits per heavy atom. The van der Waals surface area contributed by atoms with Crippen LogP contribution in [0.5, 0.6) is 5.75 Å². The SMILES string of the molecule is COCc1nc(CN2CCC(Oc3cccc(F)c3)C2)no1. The lowest BCUT2D eigenvalue weighted by Gasteiger charge is -2.15. The van der Waals surface area contributed by atoms with Crippen molar-refractivity contribution in [1.29, 1.82) is 0 Å². The van der Waals surface area contributed by atoms with Crippen LogP contribution in [0.2, 0.25) is 0 Å². The molecule has 3 rings (SSSR count). The van der Waals surface area contributed by atoms with Crippen LogP contribution in [-0.2, 0) is 17.9 Å². The zero-order valence-electron chi connectivity index (χ0n) is 12.4. The molecule has 1 aromatic heterocycles. The first kappa shape index (κ1) is 14.9. The maximum atomic E-state index is 13.1. The number of ether oxygens (including phenoxy) is 2. The molecule has 22 heavy (non-hydrogen) atoms. The molecule has 7 heteroatoms. The van der Waals surface area contributed by atoms with Crippen molar-refractivity contribution in [1.82, 2.24) is 15.0 Å². The third-order valence-corrected chi connectivity index (χ3v) is 3.47. The fourth-order valence-electron chi connectivity index (χ4n) is 2.51. The summed E-state index contributed by atoms with van der Waals surface area (Å²) in [5.74, 6) is 1.39. The van der Waals surface area contributed by atoms with Gasteiger partial charge in [0.1, 0.15) is 24.3 Å². The molecule has 1 aromatic carbocycles. The van der Waals surface area contributed by atoms with Crippen LogP contribution in [-0.4, -0.2) is 41.3 Å². The molecule has 0 aliphatic carbocycles. The van der Waals surface area contributed by atoms with Crippen LogP contribution in [0.3, 0.4) is 0 Å². The normalized spacial score (nSPS) is 18.7. The summed E-state index contributed by atoms with van der Waals surface area (Å²) in [5, 5.41) is 3.92. The minimum atomic E-state index is -0.287. The number of methoxy groups -OCH3 is 1. The second-order valence-electron chi connectivity index (χ2n) is 5.26. The highest BCUT2D eigenvalue weighted by atomic mass is 19.1. The van der Waals surface area contributed by atoms with Crippen LogP contribution in [0, 0.1) is 5.82 Å². The van der Waals surface area contributed by atoms with Crippen LogP contribution < -0.4 is 4.74 Å². The zero-order chi connectivity index (χ0) is 15.4. The Morgan fingerprint density at radius 2 is 2.36 bits per heavy atom. The van der Waals surface area contributed by atoms with Crippen molar-refractivity contribution in [2.24, 2.45) is 0 Å². The summed E-state index contributed by atoms with van der Waals surface area (Å²) < 4.78 is 29.0. The summed E-state index contributed by atoms with van der Waals surface area (Å²) in [7, 11) is 1.58. The van der Waals surface area contributed by atoms with E-state index < -0.39 is 0 Å². The lowest BCUT2D eigenvalue weighted by molar-refractivity contribution is 0.151. The topological polar surface area (TPSA) is 60.6 Å². The Labute approximate surface area is 127 Å². The number of hydrogen-bond donors (Lipinski definition) is 0. The molecule has 0 bridgehead atoms. The Balaban J connectivity index is 1.51. The minimum absolute atomic E-state index is 0.0483. The van der Waals surface area contributed by atoms with Crippen LogP contribution in [0.15, 0.2) is 28.8 Å². The molecule has 2 aromatic rings. The fraction of sp³-hybridized carbons (Fsp3) is 0.467. The number of rotatable bonds is 6. The van der Waals surface area contributed by atoms with Gasteiger partial charge in [0.2, 0.25) is 0 Å². The molecule has 118 valence electrons. The van der Waals surface area contributed by atoms with Crippen molar-refractivity contribution in [2.45, 2.75) is 25.7 Å². The summed E-state index contributed by atoms with van der Waals surface area (Å²) in [6, 6.07) is 6.22. The van der Waals surface area contributed by atoms with E-state index in [1.807, 2.05) is 0 Å². The lowest BCUT2D eigenvalue weighted by Crippen LogP contribution is -2.25. The van der Waals surface area contributed by atoms with Crippen molar-refractivity contribution in [3.63, 3.8) is 0 Å². The number of likely N-dealkylation sites (tertiary alicyclic amines) is 1. The largest absolute Gasteiger partial charge is 0.489 e. The van der Waals surface area contributed by atoms with Gasteiger partial charge in [-0.25, -0.2) is 4.39 Å². The fourth-order valence-corrected chi connectivity index (χ4v) is 2.51. The van der Waals surface area contributed by atoms with Crippen LogP contribution in [0.4, 0.5) is 4.39 Å². The Kier molecular flexibility index (Phi) is 4.65. The van der Waals surface area contributed by atoms with Gasteiger partial charge >= 0.3 is 0 Å². The van der Waals surface area contributed by atoms with Gasteiger partial charge < -0.3 is 14.0 Å². The van der Waals surface area contributed by atoms with Gasteiger partial charge in [0.05, 0.1) is 6.54 Å². The van der Waals surface area contributed by atoms with Gasteiger partial charge in [-0.2, -0.15) is 4.98 Å². The van der Waals surface area contributed by atoms with Crippen molar-refractivity contribution in [2.75, 3.05) is 20.2 Å². The molecule has 1 aliphatic rings. The van der Waals surface area contributed by atoms with Gasteiger partial charge in [0.15, 0.2) is 5.82 Å². The van der Waals surface area contributed by atoms with E-state index in [1.165, 1.54) is 12.1 Å². The number of benzene rings is 1.